The van der Waals surface area contributed by atoms with Gasteiger partial charge in [0, 0.05) is 11.6 Å². The van der Waals surface area contributed by atoms with Gasteiger partial charge in [-0.15, -0.1) is 0 Å². The van der Waals surface area contributed by atoms with Crippen LogP contribution in [0.25, 0.3) is 22.3 Å². The van der Waals surface area contributed by atoms with Crippen molar-refractivity contribution >= 4 is 22.7 Å². The number of pyridine rings is 2. The lowest BCUT2D eigenvalue weighted by atomic mass is 10.1. The van der Waals surface area contributed by atoms with E-state index in [0.717, 1.165) is 11.1 Å². The summed E-state index contributed by atoms with van der Waals surface area (Å²) in [6.45, 7) is 3.75. The fourth-order valence-electron chi connectivity index (χ4n) is 3.19. The summed E-state index contributed by atoms with van der Waals surface area (Å²) in [7, 11) is 0. The lowest BCUT2D eigenvalue weighted by Gasteiger charge is -2.12. The van der Waals surface area contributed by atoms with E-state index < -0.39 is 11.8 Å². The first-order valence-electron chi connectivity index (χ1n) is 10.1. The Morgan fingerprint density at radius 1 is 0.875 bits per heavy atom. The Bertz CT molecular complexity index is 1290. The van der Waals surface area contributed by atoms with Gasteiger partial charge in [0.25, 0.3) is 11.8 Å². The number of ether oxygens (including phenoxy) is 1. The predicted molar refractivity (Wildman–Crippen MR) is 122 cm³/mol. The smallest absolute Gasteiger partial charge is 0.276 e. The van der Waals surface area contributed by atoms with Crippen molar-refractivity contribution in [2.45, 2.75) is 13.8 Å². The van der Waals surface area contributed by atoms with E-state index in [2.05, 4.69) is 20.8 Å². The summed E-state index contributed by atoms with van der Waals surface area (Å²) in [5, 5.41) is 0.672. The summed E-state index contributed by atoms with van der Waals surface area (Å²) in [4.78, 5) is 34.0. The first-order valence-corrected chi connectivity index (χ1v) is 10.1. The molecule has 160 valence electrons. The average molecular weight is 426 g/mol. The summed E-state index contributed by atoms with van der Waals surface area (Å²) in [6.07, 6.45) is 1.67. The molecule has 7 nitrogen and oxygen atoms in total. The van der Waals surface area contributed by atoms with Crippen LogP contribution in [-0.2, 0) is 4.79 Å². The summed E-state index contributed by atoms with van der Waals surface area (Å²) in [5.41, 5.74) is 9.34. The van der Waals surface area contributed by atoms with Crippen LogP contribution in [0.3, 0.4) is 0 Å². The van der Waals surface area contributed by atoms with Gasteiger partial charge in [0.1, 0.15) is 5.75 Å². The maximum atomic E-state index is 12.9. The predicted octanol–water partition coefficient (Wildman–Crippen LogP) is 3.75. The monoisotopic (exact) mass is 426 g/mol. The van der Waals surface area contributed by atoms with Gasteiger partial charge in [-0.3, -0.25) is 25.4 Å². The van der Waals surface area contributed by atoms with Crippen molar-refractivity contribution in [2.75, 3.05) is 6.61 Å². The lowest BCUT2D eigenvalue weighted by molar-refractivity contribution is -0.123. The van der Waals surface area contributed by atoms with Gasteiger partial charge in [0.05, 0.1) is 22.5 Å². The normalized spacial score (nSPS) is 10.6. The minimum atomic E-state index is -0.472. The van der Waals surface area contributed by atoms with Gasteiger partial charge < -0.3 is 4.74 Å². The van der Waals surface area contributed by atoms with Crippen molar-refractivity contribution < 1.29 is 14.3 Å². The molecule has 7 heteroatoms. The molecule has 0 unspecified atom stereocenters. The van der Waals surface area contributed by atoms with E-state index in [4.69, 9.17) is 4.74 Å². The first kappa shape index (κ1) is 21.0. The molecular weight excluding hydrogens is 404 g/mol. The van der Waals surface area contributed by atoms with Gasteiger partial charge in [-0.25, -0.2) is 4.98 Å². The summed E-state index contributed by atoms with van der Waals surface area (Å²) >= 11 is 0. The van der Waals surface area contributed by atoms with E-state index in [-0.39, 0.29) is 6.61 Å². The van der Waals surface area contributed by atoms with E-state index in [1.807, 2.05) is 68.4 Å². The Labute approximate surface area is 185 Å². The second-order valence-electron chi connectivity index (χ2n) is 7.32. The molecule has 0 spiro atoms. The molecule has 0 radical (unpaired) electrons. The summed E-state index contributed by atoms with van der Waals surface area (Å²) in [6, 6.07) is 20.1. The molecule has 0 aliphatic heterocycles. The van der Waals surface area contributed by atoms with Gasteiger partial charge in [0.2, 0.25) is 0 Å². The fraction of sp³-hybridized carbons (Fsp3) is 0.120. The van der Waals surface area contributed by atoms with Crippen LogP contribution in [0, 0.1) is 13.8 Å². The van der Waals surface area contributed by atoms with Crippen molar-refractivity contribution in [1.82, 2.24) is 20.8 Å². The highest BCUT2D eigenvalue weighted by Crippen LogP contribution is 2.23. The Balaban J connectivity index is 1.47. The number of carbonyl (C=O) groups excluding carboxylic acids is 2. The number of fused-ring (bicyclic) bond motifs is 1. The fourth-order valence-corrected chi connectivity index (χ4v) is 3.19. The average Bonchev–Trinajstić information content (AvgIpc) is 2.83. The van der Waals surface area contributed by atoms with E-state index in [1.165, 1.54) is 0 Å². The van der Waals surface area contributed by atoms with Crippen LogP contribution in [0.2, 0.25) is 0 Å². The van der Waals surface area contributed by atoms with E-state index in [0.29, 0.717) is 33.6 Å². The van der Waals surface area contributed by atoms with Crippen molar-refractivity contribution in [3.63, 3.8) is 0 Å². The van der Waals surface area contributed by atoms with Gasteiger partial charge in [-0.1, -0.05) is 30.3 Å². The Morgan fingerprint density at radius 3 is 2.47 bits per heavy atom. The van der Waals surface area contributed by atoms with Gasteiger partial charge in [-0.2, -0.15) is 0 Å². The molecule has 0 fully saturated rings. The maximum Gasteiger partial charge on any atom is 0.276 e. The molecule has 2 N–H and O–H groups in total. The minimum Gasteiger partial charge on any atom is -0.484 e. The van der Waals surface area contributed by atoms with Crippen LogP contribution in [-0.4, -0.2) is 28.4 Å². The number of carbonyl (C=O) groups is 2. The number of para-hydroxylation sites is 1. The SMILES string of the molecule is Cc1ccc(OCC(=O)NNC(=O)c2cc(-c3ccccn3)nc3ccccc23)cc1C. The number of nitrogens with one attached hydrogen (secondary N) is 2. The van der Waals surface area contributed by atoms with E-state index >= 15 is 0 Å². The molecule has 2 amide bonds. The highest BCUT2D eigenvalue weighted by molar-refractivity contribution is 6.07. The van der Waals surface area contributed by atoms with Crippen molar-refractivity contribution in [3.8, 4) is 17.1 Å². The van der Waals surface area contributed by atoms with Gasteiger partial charge in [0.15, 0.2) is 6.61 Å². The molecule has 4 rings (SSSR count). The minimum absolute atomic E-state index is 0.223. The van der Waals surface area contributed by atoms with Crippen molar-refractivity contribution in [1.29, 1.82) is 0 Å². The molecule has 32 heavy (non-hydrogen) atoms. The number of amides is 2. The van der Waals surface area contributed by atoms with E-state index in [1.54, 1.807) is 18.3 Å². The highest BCUT2D eigenvalue weighted by atomic mass is 16.5. The lowest BCUT2D eigenvalue weighted by Crippen LogP contribution is -2.43. The molecule has 0 saturated heterocycles. The van der Waals surface area contributed by atoms with Crippen LogP contribution in [0.1, 0.15) is 21.5 Å². The van der Waals surface area contributed by atoms with Crippen LogP contribution < -0.4 is 15.6 Å². The molecule has 0 bridgehead atoms. The van der Waals surface area contributed by atoms with Gasteiger partial charge in [-0.05, 0) is 61.4 Å². The third-order valence-corrected chi connectivity index (χ3v) is 5.05. The van der Waals surface area contributed by atoms with Crippen molar-refractivity contribution in [3.05, 3.63) is 89.6 Å². The number of aryl methyl sites for hydroxylation is 2. The number of hydrogen-bond acceptors (Lipinski definition) is 5. The number of benzene rings is 2. The molecule has 0 aliphatic rings. The largest absolute Gasteiger partial charge is 0.484 e. The molecular formula is C25H22N4O3. The van der Waals surface area contributed by atoms with Crippen LogP contribution in [0.4, 0.5) is 0 Å². The number of nitrogens with zero attached hydrogens (tertiary/aromatic N) is 2. The Hall–Kier alpha value is -4.26. The summed E-state index contributed by atoms with van der Waals surface area (Å²) in [5.74, 6) is -0.338. The number of rotatable bonds is 5. The molecule has 2 heterocycles. The van der Waals surface area contributed by atoms with Crippen LogP contribution >= 0.6 is 0 Å². The zero-order valence-corrected chi connectivity index (χ0v) is 17.8. The quantitative estimate of drug-likeness (QED) is 0.474. The molecule has 4 aromatic rings. The second kappa shape index (κ2) is 9.26. The third kappa shape index (κ3) is 4.73. The zero-order valence-electron chi connectivity index (χ0n) is 17.8. The number of hydrogen-bond donors (Lipinski definition) is 2. The van der Waals surface area contributed by atoms with Gasteiger partial charge >= 0.3 is 0 Å². The molecule has 0 saturated carbocycles. The summed E-state index contributed by atoms with van der Waals surface area (Å²) < 4.78 is 5.51. The highest BCUT2D eigenvalue weighted by Gasteiger charge is 2.15. The number of hydrazine groups is 1. The number of aromatic nitrogens is 2. The Morgan fingerprint density at radius 2 is 1.69 bits per heavy atom. The molecule has 0 aliphatic carbocycles. The van der Waals surface area contributed by atoms with E-state index in [9.17, 15) is 9.59 Å². The topological polar surface area (TPSA) is 93.2 Å². The maximum absolute atomic E-state index is 12.9. The Kier molecular flexibility index (Phi) is 6.07. The molecule has 0 atom stereocenters. The standard InChI is InChI=1S/C25H22N4O3/c1-16-10-11-18(13-17(16)2)32-15-24(30)28-29-25(31)20-14-23(22-9-5-6-12-26-22)27-21-8-4-3-7-19(20)21/h3-14H,15H2,1-2H3,(H,28,30)(H,29,31). The first-order chi connectivity index (χ1) is 15.5. The zero-order chi connectivity index (χ0) is 22.5. The van der Waals surface area contributed by atoms with Crippen molar-refractivity contribution in [2.24, 2.45) is 0 Å². The van der Waals surface area contributed by atoms with Crippen LogP contribution in [0.5, 0.6) is 5.75 Å². The molecule has 2 aromatic heterocycles. The van der Waals surface area contributed by atoms with Crippen LogP contribution in [0.15, 0.2) is 72.9 Å². The third-order valence-electron chi connectivity index (χ3n) is 5.05. The molecule has 2 aromatic carbocycles. The second-order valence-corrected chi connectivity index (χ2v) is 7.32.